The predicted molar refractivity (Wildman–Crippen MR) is 55.5 cm³/mol. The molecular weight excluding hydrogens is 234 g/mol. The average molecular weight is 250 g/mol. The van der Waals surface area contributed by atoms with Gasteiger partial charge in [-0.25, -0.2) is 8.78 Å². The molecule has 0 aromatic carbocycles. The Morgan fingerprint density at radius 3 is 2.71 bits per heavy atom. The van der Waals surface area contributed by atoms with Crippen LogP contribution in [0.1, 0.15) is 12.8 Å². The van der Waals surface area contributed by atoms with E-state index < -0.39 is 18.9 Å². The number of carbonyl (C=O) groups is 2. The third-order valence-corrected chi connectivity index (χ3v) is 2.55. The Labute approximate surface area is 98.0 Å². The highest BCUT2D eigenvalue weighted by Gasteiger charge is 2.27. The van der Waals surface area contributed by atoms with Crippen LogP contribution in [0.5, 0.6) is 0 Å². The van der Waals surface area contributed by atoms with Crippen molar-refractivity contribution in [3.05, 3.63) is 0 Å². The number of hydrogen-bond acceptors (Lipinski definition) is 4. The smallest absolute Gasteiger partial charge is 0.251 e. The van der Waals surface area contributed by atoms with Crippen molar-refractivity contribution in [1.29, 1.82) is 0 Å². The van der Waals surface area contributed by atoms with E-state index in [0.29, 0.717) is 19.4 Å². The van der Waals surface area contributed by atoms with Gasteiger partial charge in [0.1, 0.15) is 0 Å². The van der Waals surface area contributed by atoms with Crippen LogP contribution in [0.15, 0.2) is 0 Å². The van der Waals surface area contributed by atoms with Crippen LogP contribution in [0.2, 0.25) is 0 Å². The maximum atomic E-state index is 12.2. The Morgan fingerprint density at radius 2 is 2.24 bits per heavy atom. The summed E-state index contributed by atoms with van der Waals surface area (Å²) in [6.07, 6.45) is -1.61. The van der Waals surface area contributed by atoms with Gasteiger partial charge in [0.05, 0.1) is 19.7 Å². The standard InChI is InChI=1S/C10H16F2N2O3/c11-8(12)6-13(4-5-15)7-10(17)14-3-1-2-9(14)16/h8,15H,1-7H2. The van der Waals surface area contributed by atoms with E-state index in [1.807, 2.05) is 0 Å². The average Bonchev–Trinajstić information content (AvgIpc) is 2.63. The van der Waals surface area contributed by atoms with Crippen LogP contribution in [0, 0.1) is 0 Å². The van der Waals surface area contributed by atoms with Crippen molar-refractivity contribution in [2.24, 2.45) is 0 Å². The zero-order valence-electron chi connectivity index (χ0n) is 9.44. The summed E-state index contributed by atoms with van der Waals surface area (Å²) in [5, 5.41) is 8.70. The van der Waals surface area contributed by atoms with Crippen LogP contribution in [-0.4, -0.2) is 65.9 Å². The number of halogens is 2. The molecule has 0 atom stereocenters. The molecule has 1 saturated heterocycles. The largest absolute Gasteiger partial charge is 0.395 e. The monoisotopic (exact) mass is 250 g/mol. The summed E-state index contributed by atoms with van der Waals surface area (Å²) < 4.78 is 24.4. The molecule has 1 rings (SSSR count). The van der Waals surface area contributed by atoms with E-state index in [0.717, 1.165) is 9.80 Å². The van der Waals surface area contributed by atoms with Crippen LogP contribution < -0.4 is 0 Å². The molecule has 0 aromatic heterocycles. The lowest BCUT2D eigenvalue weighted by Gasteiger charge is -2.22. The Kier molecular flexibility index (Phi) is 5.43. The lowest BCUT2D eigenvalue weighted by molar-refractivity contribution is -0.142. The molecule has 0 aliphatic carbocycles. The van der Waals surface area contributed by atoms with Gasteiger partial charge in [-0.3, -0.25) is 19.4 Å². The molecule has 1 N–H and O–H groups in total. The molecular formula is C10H16F2N2O3. The van der Waals surface area contributed by atoms with Gasteiger partial charge in [0.15, 0.2) is 0 Å². The molecule has 0 aromatic rings. The number of alkyl halides is 2. The van der Waals surface area contributed by atoms with E-state index in [-0.39, 0.29) is 25.6 Å². The third kappa shape index (κ3) is 4.35. The third-order valence-electron chi connectivity index (χ3n) is 2.55. The molecule has 98 valence electrons. The zero-order chi connectivity index (χ0) is 12.8. The Morgan fingerprint density at radius 1 is 1.53 bits per heavy atom. The predicted octanol–water partition coefficient (Wildman–Crippen LogP) is -0.305. The first kappa shape index (κ1) is 14.0. The van der Waals surface area contributed by atoms with Gasteiger partial charge in [-0.1, -0.05) is 0 Å². The summed E-state index contributed by atoms with van der Waals surface area (Å²) in [7, 11) is 0. The second-order valence-corrected chi connectivity index (χ2v) is 3.89. The van der Waals surface area contributed by atoms with Crippen LogP contribution >= 0.6 is 0 Å². The molecule has 1 fully saturated rings. The number of carbonyl (C=O) groups excluding carboxylic acids is 2. The molecule has 1 aliphatic heterocycles. The van der Waals surface area contributed by atoms with Crippen molar-refractivity contribution >= 4 is 11.8 Å². The van der Waals surface area contributed by atoms with Crippen LogP contribution in [0.25, 0.3) is 0 Å². The zero-order valence-corrected chi connectivity index (χ0v) is 9.44. The van der Waals surface area contributed by atoms with Crippen molar-refractivity contribution in [3.8, 4) is 0 Å². The van der Waals surface area contributed by atoms with Gasteiger partial charge >= 0.3 is 0 Å². The first-order valence-corrected chi connectivity index (χ1v) is 5.49. The number of aliphatic hydroxyl groups excluding tert-OH is 1. The molecule has 0 radical (unpaired) electrons. The van der Waals surface area contributed by atoms with Gasteiger partial charge in [0, 0.05) is 19.5 Å². The summed E-state index contributed by atoms with van der Waals surface area (Å²) in [6, 6.07) is 0. The highest BCUT2D eigenvalue weighted by Crippen LogP contribution is 2.10. The minimum atomic E-state index is -2.57. The molecule has 1 aliphatic rings. The van der Waals surface area contributed by atoms with Crippen molar-refractivity contribution in [2.45, 2.75) is 19.3 Å². The molecule has 1 heterocycles. The highest BCUT2D eigenvalue weighted by atomic mass is 19.3. The van der Waals surface area contributed by atoms with Crippen molar-refractivity contribution in [2.75, 3.05) is 32.8 Å². The van der Waals surface area contributed by atoms with Crippen molar-refractivity contribution in [3.63, 3.8) is 0 Å². The lowest BCUT2D eigenvalue weighted by Crippen LogP contribution is -2.43. The molecule has 2 amide bonds. The maximum Gasteiger partial charge on any atom is 0.251 e. The number of hydrogen-bond donors (Lipinski definition) is 1. The number of imide groups is 1. The van der Waals surface area contributed by atoms with Crippen molar-refractivity contribution < 1.29 is 23.5 Å². The fourth-order valence-corrected chi connectivity index (χ4v) is 1.76. The van der Waals surface area contributed by atoms with Gasteiger partial charge in [-0.05, 0) is 6.42 Å². The molecule has 7 heteroatoms. The van der Waals surface area contributed by atoms with Gasteiger partial charge in [-0.15, -0.1) is 0 Å². The second kappa shape index (κ2) is 6.61. The van der Waals surface area contributed by atoms with Gasteiger partial charge in [-0.2, -0.15) is 0 Å². The van der Waals surface area contributed by atoms with Gasteiger partial charge in [0.2, 0.25) is 11.8 Å². The molecule has 0 unspecified atom stereocenters. The second-order valence-electron chi connectivity index (χ2n) is 3.89. The Hall–Kier alpha value is -1.08. The number of amides is 2. The summed E-state index contributed by atoms with van der Waals surface area (Å²) in [4.78, 5) is 25.2. The quantitative estimate of drug-likeness (QED) is 0.703. The summed E-state index contributed by atoms with van der Waals surface area (Å²) in [5.74, 6) is -0.724. The van der Waals surface area contributed by atoms with Gasteiger partial charge in [0.25, 0.3) is 6.43 Å². The number of likely N-dealkylation sites (tertiary alicyclic amines) is 1. The fourth-order valence-electron chi connectivity index (χ4n) is 1.76. The minimum Gasteiger partial charge on any atom is -0.395 e. The number of aliphatic hydroxyl groups is 1. The topological polar surface area (TPSA) is 60.9 Å². The summed E-state index contributed by atoms with van der Waals surface area (Å²) in [5.41, 5.74) is 0. The fraction of sp³-hybridized carbons (Fsp3) is 0.800. The lowest BCUT2D eigenvalue weighted by atomic mass is 10.4. The summed E-state index contributed by atoms with van der Waals surface area (Å²) >= 11 is 0. The minimum absolute atomic E-state index is 0.00187. The van der Waals surface area contributed by atoms with Crippen LogP contribution in [0.3, 0.4) is 0 Å². The maximum absolute atomic E-state index is 12.2. The SMILES string of the molecule is O=C1CCCN1C(=O)CN(CCO)CC(F)F. The molecule has 17 heavy (non-hydrogen) atoms. The number of rotatable bonds is 6. The molecule has 5 nitrogen and oxygen atoms in total. The normalized spacial score (nSPS) is 16.3. The van der Waals surface area contributed by atoms with E-state index in [9.17, 15) is 18.4 Å². The Balaban J connectivity index is 2.48. The molecule has 0 saturated carbocycles. The van der Waals surface area contributed by atoms with Gasteiger partial charge < -0.3 is 5.11 Å². The molecule has 0 spiro atoms. The Bertz CT molecular complexity index is 287. The van der Waals surface area contributed by atoms with E-state index in [4.69, 9.17) is 5.11 Å². The van der Waals surface area contributed by atoms with E-state index in [2.05, 4.69) is 0 Å². The highest BCUT2D eigenvalue weighted by molar-refractivity contribution is 5.97. The first-order chi connectivity index (χ1) is 8.04. The van der Waals surface area contributed by atoms with E-state index in [1.165, 1.54) is 0 Å². The van der Waals surface area contributed by atoms with Crippen LogP contribution in [0.4, 0.5) is 8.78 Å². The van der Waals surface area contributed by atoms with E-state index >= 15 is 0 Å². The summed E-state index contributed by atoms with van der Waals surface area (Å²) in [6.45, 7) is -0.768. The number of nitrogens with zero attached hydrogens (tertiary/aromatic N) is 2. The molecule has 0 bridgehead atoms. The first-order valence-electron chi connectivity index (χ1n) is 5.49. The van der Waals surface area contributed by atoms with Crippen LogP contribution in [-0.2, 0) is 9.59 Å². The van der Waals surface area contributed by atoms with E-state index in [1.54, 1.807) is 0 Å². The van der Waals surface area contributed by atoms with Crippen molar-refractivity contribution in [1.82, 2.24) is 9.80 Å².